The average molecular weight is 571 g/mol. The first-order valence-electron chi connectivity index (χ1n) is 12.8. The molecular weight excluding hydrogens is 527 g/mol. The number of hydrogen-bond donors (Lipinski definition) is 1. The minimum Gasteiger partial charge on any atom is -0.381 e. The zero-order chi connectivity index (χ0) is 22.0. The molecular formula is C26H43IN4O2. The Kier molecular flexibility index (Phi) is 11.7. The third-order valence-electron chi connectivity index (χ3n) is 7.13. The molecule has 3 unspecified atom stereocenters. The van der Waals surface area contributed by atoms with E-state index in [2.05, 4.69) is 52.4 Å². The van der Waals surface area contributed by atoms with Crippen molar-refractivity contribution >= 4 is 29.9 Å². The van der Waals surface area contributed by atoms with Crippen LogP contribution in [-0.2, 0) is 16.0 Å². The molecule has 6 nitrogen and oxygen atoms in total. The van der Waals surface area contributed by atoms with Crippen LogP contribution in [0, 0.1) is 11.8 Å². The van der Waals surface area contributed by atoms with Gasteiger partial charge in [0.05, 0.1) is 13.2 Å². The zero-order valence-corrected chi connectivity index (χ0v) is 22.6. The summed E-state index contributed by atoms with van der Waals surface area (Å²) >= 11 is 0. The smallest absolute Gasteiger partial charge is 0.193 e. The van der Waals surface area contributed by atoms with Crippen molar-refractivity contribution in [2.75, 3.05) is 59.2 Å². The van der Waals surface area contributed by atoms with Crippen LogP contribution in [0.5, 0.6) is 0 Å². The van der Waals surface area contributed by atoms with Gasteiger partial charge in [0.25, 0.3) is 0 Å². The van der Waals surface area contributed by atoms with Crippen LogP contribution in [0.2, 0.25) is 0 Å². The summed E-state index contributed by atoms with van der Waals surface area (Å²) in [6.07, 6.45) is 5.99. The van der Waals surface area contributed by atoms with Crippen LogP contribution >= 0.6 is 24.0 Å². The van der Waals surface area contributed by atoms with Crippen LogP contribution in [0.25, 0.3) is 0 Å². The lowest BCUT2D eigenvalue weighted by Gasteiger charge is -2.48. The van der Waals surface area contributed by atoms with Gasteiger partial charge in [-0.3, -0.25) is 9.89 Å². The van der Waals surface area contributed by atoms with Crippen LogP contribution in [0.3, 0.4) is 0 Å². The van der Waals surface area contributed by atoms with E-state index in [0.717, 1.165) is 83.9 Å². The van der Waals surface area contributed by atoms with E-state index in [1.165, 1.54) is 31.4 Å². The molecule has 3 atom stereocenters. The SMILES string of the molecule is CCNC(=NCCCOCC1CCOC1)N1CCC2C(CCCN2Cc2ccccc2)C1.I. The van der Waals surface area contributed by atoms with E-state index in [4.69, 9.17) is 14.5 Å². The second-order valence-corrected chi connectivity index (χ2v) is 9.55. The van der Waals surface area contributed by atoms with Gasteiger partial charge in [-0.2, -0.15) is 0 Å². The monoisotopic (exact) mass is 570 g/mol. The Labute approximate surface area is 217 Å². The minimum atomic E-state index is 0. The van der Waals surface area contributed by atoms with Crippen molar-refractivity contribution in [1.82, 2.24) is 15.1 Å². The number of benzene rings is 1. The molecule has 0 radical (unpaired) electrons. The van der Waals surface area contributed by atoms with Gasteiger partial charge in [-0.15, -0.1) is 24.0 Å². The number of fused-ring (bicyclic) bond motifs is 1. The molecule has 3 aliphatic heterocycles. The number of likely N-dealkylation sites (tertiary alicyclic amines) is 2. The van der Waals surface area contributed by atoms with Crippen molar-refractivity contribution in [3.05, 3.63) is 35.9 Å². The van der Waals surface area contributed by atoms with Gasteiger partial charge in [0, 0.05) is 57.9 Å². The van der Waals surface area contributed by atoms with E-state index < -0.39 is 0 Å². The van der Waals surface area contributed by atoms with Crippen molar-refractivity contribution in [3.8, 4) is 0 Å². The molecule has 1 N–H and O–H groups in total. The number of nitrogens with one attached hydrogen (secondary N) is 1. The Hall–Kier alpha value is -0.900. The van der Waals surface area contributed by atoms with Gasteiger partial charge in [-0.05, 0) is 57.1 Å². The van der Waals surface area contributed by atoms with Crippen molar-refractivity contribution in [2.45, 2.75) is 51.6 Å². The summed E-state index contributed by atoms with van der Waals surface area (Å²) in [5.74, 6) is 2.42. The molecule has 0 aliphatic carbocycles. The number of piperidine rings is 2. The topological polar surface area (TPSA) is 49.3 Å². The van der Waals surface area contributed by atoms with Crippen LogP contribution in [0.4, 0.5) is 0 Å². The molecule has 1 aromatic carbocycles. The predicted octanol–water partition coefficient (Wildman–Crippen LogP) is 4.00. The normalized spacial score (nSPS) is 26.0. The number of nitrogens with zero attached hydrogens (tertiary/aromatic N) is 3. The van der Waals surface area contributed by atoms with E-state index in [1.54, 1.807) is 0 Å². The maximum absolute atomic E-state index is 5.85. The quantitative estimate of drug-likeness (QED) is 0.211. The van der Waals surface area contributed by atoms with Crippen molar-refractivity contribution in [2.24, 2.45) is 16.8 Å². The molecule has 33 heavy (non-hydrogen) atoms. The van der Waals surface area contributed by atoms with Crippen molar-refractivity contribution in [3.63, 3.8) is 0 Å². The lowest BCUT2D eigenvalue weighted by Crippen LogP contribution is -2.56. The van der Waals surface area contributed by atoms with Gasteiger partial charge in [0.1, 0.15) is 0 Å². The lowest BCUT2D eigenvalue weighted by atomic mass is 9.83. The number of hydrogen-bond acceptors (Lipinski definition) is 4. The summed E-state index contributed by atoms with van der Waals surface area (Å²) in [6, 6.07) is 11.7. The summed E-state index contributed by atoms with van der Waals surface area (Å²) in [7, 11) is 0. The van der Waals surface area contributed by atoms with Gasteiger partial charge in [-0.1, -0.05) is 30.3 Å². The van der Waals surface area contributed by atoms with E-state index in [1.807, 2.05) is 0 Å². The van der Waals surface area contributed by atoms with Crippen LogP contribution in [0.15, 0.2) is 35.3 Å². The Morgan fingerprint density at radius 1 is 1.18 bits per heavy atom. The largest absolute Gasteiger partial charge is 0.381 e. The highest BCUT2D eigenvalue weighted by Gasteiger charge is 2.36. The standard InChI is InChI=1S/C26H42N4O2.HI/c1-2-27-26(28-13-7-16-31-20-23-12-17-32-21-23)30-15-11-25-24(19-30)10-6-14-29(25)18-22-8-4-3-5-9-22;/h3-5,8-9,23-25H,2,6-7,10-21H2,1H3,(H,27,28);1H. The first kappa shape index (κ1) is 26.7. The molecule has 0 amide bonds. The molecule has 0 aromatic heterocycles. The van der Waals surface area contributed by atoms with Crippen LogP contribution in [0.1, 0.15) is 44.6 Å². The average Bonchev–Trinajstić information content (AvgIpc) is 3.35. The first-order chi connectivity index (χ1) is 15.8. The molecule has 1 aromatic rings. The molecule has 0 bridgehead atoms. The van der Waals surface area contributed by atoms with Gasteiger partial charge in [0.2, 0.25) is 0 Å². The molecule has 3 aliphatic rings. The Balaban J connectivity index is 0.00000306. The van der Waals surface area contributed by atoms with Crippen LogP contribution < -0.4 is 5.32 Å². The molecule has 186 valence electrons. The maximum atomic E-state index is 5.85. The molecule has 7 heteroatoms. The molecule has 0 saturated carbocycles. The summed E-state index contributed by atoms with van der Waals surface area (Å²) in [5, 5.41) is 3.54. The molecule has 3 fully saturated rings. The van der Waals surface area contributed by atoms with Gasteiger partial charge in [-0.25, -0.2) is 0 Å². The third kappa shape index (κ3) is 8.08. The highest BCUT2D eigenvalue weighted by Crippen LogP contribution is 2.31. The van der Waals surface area contributed by atoms with E-state index in [-0.39, 0.29) is 24.0 Å². The Morgan fingerprint density at radius 2 is 2.06 bits per heavy atom. The van der Waals surface area contributed by atoms with E-state index in [9.17, 15) is 0 Å². The number of ether oxygens (including phenoxy) is 2. The Bertz CT molecular complexity index is 699. The van der Waals surface area contributed by atoms with E-state index >= 15 is 0 Å². The highest BCUT2D eigenvalue weighted by molar-refractivity contribution is 14.0. The summed E-state index contributed by atoms with van der Waals surface area (Å²) in [6.45, 7) is 11.8. The van der Waals surface area contributed by atoms with Crippen molar-refractivity contribution in [1.29, 1.82) is 0 Å². The third-order valence-corrected chi connectivity index (χ3v) is 7.13. The summed E-state index contributed by atoms with van der Waals surface area (Å²) in [5.41, 5.74) is 1.44. The fraction of sp³-hybridized carbons (Fsp3) is 0.731. The second kappa shape index (κ2) is 14.5. The highest BCUT2D eigenvalue weighted by atomic mass is 127. The molecule has 3 saturated heterocycles. The lowest BCUT2D eigenvalue weighted by molar-refractivity contribution is 0.0372. The minimum absolute atomic E-state index is 0. The fourth-order valence-corrected chi connectivity index (χ4v) is 5.46. The predicted molar refractivity (Wildman–Crippen MR) is 145 cm³/mol. The fourth-order valence-electron chi connectivity index (χ4n) is 5.46. The van der Waals surface area contributed by atoms with Gasteiger partial charge < -0.3 is 19.7 Å². The summed E-state index contributed by atoms with van der Waals surface area (Å²) < 4.78 is 11.3. The second-order valence-electron chi connectivity index (χ2n) is 9.55. The Morgan fingerprint density at radius 3 is 2.85 bits per heavy atom. The molecule has 0 spiro atoms. The van der Waals surface area contributed by atoms with Gasteiger partial charge in [0.15, 0.2) is 5.96 Å². The van der Waals surface area contributed by atoms with Gasteiger partial charge >= 0.3 is 0 Å². The van der Waals surface area contributed by atoms with Crippen molar-refractivity contribution < 1.29 is 9.47 Å². The summed E-state index contributed by atoms with van der Waals surface area (Å²) in [4.78, 5) is 10.2. The number of aliphatic imine (C=N–C) groups is 1. The number of rotatable bonds is 9. The first-order valence-corrected chi connectivity index (χ1v) is 12.8. The molecule has 4 rings (SSSR count). The number of guanidine groups is 1. The number of halogens is 1. The zero-order valence-electron chi connectivity index (χ0n) is 20.3. The van der Waals surface area contributed by atoms with Crippen LogP contribution in [-0.4, -0.2) is 81.0 Å². The maximum Gasteiger partial charge on any atom is 0.193 e. The van der Waals surface area contributed by atoms with E-state index in [0.29, 0.717) is 12.0 Å². The molecule has 3 heterocycles.